The number of rotatable bonds is 4. The highest BCUT2D eigenvalue weighted by molar-refractivity contribution is 6.32. The average molecular weight is 269 g/mol. The van der Waals surface area contributed by atoms with Gasteiger partial charge in [0.1, 0.15) is 12.4 Å². The molecule has 1 aromatic rings. The van der Waals surface area contributed by atoms with Crippen LogP contribution in [0.4, 0.5) is 0 Å². The van der Waals surface area contributed by atoms with Gasteiger partial charge in [0.25, 0.3) is 0 Å². The maximum atomic E-state index is 11.2. The Bertz CT molecular complexity index is 425. The summed E-state index contributed by atoms with van der Waals surface area (Å²) in [4.78, 5) is 11.2. The highest BCUT2D eigenvalue weighted by Gasteiger charge is 2.15. The van der Waals surface area contributed by atoms with E-state index in [-0.39, 0.29) is 11.9 Å². The van der Waals surface area contributed by atoms with Crippen molar-refractivity contribution in [1.82, 2.24) is 0 Å². The Hall–Kier alpha value is -1.06. The zero-order valence-corrected chi connectivity index (χ0v) is 11.2. The summed E-state index contributed by atoms with van der Waals surface area (Å²) in [5.41, 5.74) is 0.598. The molecule has 1 aliphatic rings. The fourth-order valence-corrected chi connectivity index (χ4v) is 2.19. The molecule has 0 amide bonds. The average Bonchev–Trinajstić information content (AvgIpc) is 2.38. The maximum Gasteiger partial charge on any atom is 0.159 e. The molecular weight excluding hydrogens is 252 g/mol. The van der Waals surface area contributed by atoms with Crippen molar-refractivity contribution in [2.75, 3.05) is 13.2 Å². The SMILES string of the molecule is CC(=O)c1ccc(OCC2CCCCO2)c(Cl)c1. The van der Waals surface area contributed by atoms with Gasteiger partial charge in [-0.25, -0.2) is 0 Å². The second-order valence-corrected chi connectivity index (χ2v) is 4.91. The van der Waals surface area contributed by atoms with Gasteiger partial charge in [-0.3, -0.25) is 4.79 Å². The third-order valence-electron chi connectivity index (χ3n) is 3.04. The predicted octanol–water partition coefficient (Wildman–Crippen LogP) is 3.49. The minimum absolute atomic E-state index is 0.000867. The van der Waals surface area contributed by atoms with E-state index in [1.807, 2.05) is 0 Å². The highest BCUT2D eigenvalue weighted by atomic mass is 35.5. The molecule has 1 fully saturated rings. The van der Waals surface area contributed by atoms with Gasteiger partial charge in [0.05, 0.1) is 11.1 Å². The fourth-order valence-electron chi connectivity index (χ4n) is 1.96. The van der Waals surface area contributed by atoms with Crippen LogP contribution < -0.4 is 4.74 Å². The number of carbonyl (C=O) groups excluding carboxylic acids is 1. The summed E-state index contributed by atoms with van der Waals surface area (Å²) < 4.78 is 11.2. The molecule has 98 valence electrons. The molecular formula is C14H17ClO3. The Morgan fingerprint density at radius 1 is 1.50 bits per heavy atom. The largest absolute Gasteiger partial charge is 0.489 e. The Morgan fingerprint density at radius 3 is 2.94 bits per heavy atom. The number of hydrogen-bond acceptors (Lipinski definition) is 3. The molecule has 0 spiro atoms. The number of ether oxygens (including phenoxy) is 2. The monoisotopic (exact) mass is 268 g/mol. The second-order valence-electron chi connectivity index (χ2n) is 4.50. The Morgan fingerprint density at radius 2 is 2.33 bits per heavy atom. The van der Waals surface area contributed by atoms with Gasteiger partial charge in [-0.15, -0.1) is 0 Å². The van der Waals surface area contributed by atoms with Gasteiger partial charge >= 0.3 is 0 Å². The van der Waals surface area contributed by atoms with E-state index >= 15 is 0 Å². The van der Waals surface area contributed by atoms with Crippen LogP contribution in [-0.2, 0) is 4.74 Å². The second kappa shape index (κ2) is 6.21. The van der Waals surface area contributed by atoms with E-state index in [2.05, 4.69) is 0 Å². The number of ketones is 1. The lowest BCUT2D eigenvalue weighted by Crippen LogP contribution is -2.25. The van der Waals surface area contributed by atoms with Crippen LogP contribution in [0.3, 0.4) is 0 Å². The van der Waals surface area contributed by atoms with E-state index in [0.717, 1.165) is 19.4 Å². The molecule has 1 unspecified atom stereocenters. The van der Waals surface area contributed by atoms with Crippen molar-refractivity contribution in [3.63, 3.8) is 0 Å². The Balaban J connectivity index is 1.94. The molecule has 0 bridgehead atoms. The van der Waals surface area contributed by atoms with Crippen molar-refractivity contribution in [2.24, 2.45) is 0 Å². The number of carbonyl (C=O) groups is 1. The van der Waals surface area contributed by atoms with Gasteiger partial charge in [-0.05, 0) is 44.4 Å². The molecule has 18 heavy (non-hydrogen) atoms. The minimum atomic E-state index is -0.000867. The fraction of sp³-hybridized carbons (Fsp3) is 0.500. The van der Waals surface area contributed by atoms with Crippen molar-refractivity contribution in [3.8, 4) is 5.75 Å². The number of halogens is 1. The van der Waals surface area contributed by atoms with E-state index in [4.69, 9.17) is 21.1 Å². The minimum Gasteiger partial charge on any atom is -0.489 e. The third kappa shape index (κ3) is 3.47. The van der Waals surface area contributed by atoms with Gasteiger partial charge in [0, 0.05) is 12.2 Å². The number of Topliss-reactive ketones (excluding diaryl/α,β-unsaturated/α-hetero) is 1. The molecule has 1 aliphatic heterocycles. The molecule has 1 atom stereocenters. The molecule has 1 saturated heterocycles. The van der Waals surface area contributed by atoms with E-state index < -0.39 is 0 Å². The van der Waals surface area contributed by atoms with E-state index in [0.29, 0.717) is 22.9 Å². The van der Waals surface area contributed by atoms with Crippen LogP contribution in [0.5, 0.6) is 5.75 Å². The molecule has 0 aromatic heterocycles. The first-order valence-electron chi connectivity index (χ1n) is 6.21. The van der Waals surface area contributed by atoms with E-state index in [9.17, 15) is 4.79 Å². The summed E-state index contributed by atoms with van der Waals surface area (Å²) in [6.45, 7) is 2.84. The zero-order chi connectivity index (χ0) is 13.0. The predicted molar refractivity (Wildman–Crippen MR) is 70.5 cm³/mol. The molecule has 0 radical (unpaired) electrons. The highest BCUT2D eigenvalue weighted by Crippen LogP contribution is 2.26. The standard InChI is InChI=1S/C14H17ClO3/c1-10(16)11-5-6-14(13(15)8-11)18-9-12-4-2-3-7-17-12/h5-6,8,12H,2-4,7,9H2,1H3. The molecule has 0 aliphatic carbocycles. The van der Waals surface area contributed by atoms with Gasteiger partial charge in [-0.2, -0.15) is 0 Å². The summed E-state index contributed by atoms with van der Waals surface area (Å²) >= 11 is 6.07. The third-order valence-corrected chi connectivity index (χ3v) is 3.33. The first kappa shape index (κ1) is 13.4. The molecule has 3 nitrogen and oxygen atoms in total. The molecule has 0 N–H and O–H groups in total. The van der Waals surface area contributed by atoms with E-state index in [1.165, 1.54) is 13.3 Å². The molecule has 0 saturated carbocycles. The van der Waals surface area contributed by atoms with Crippen LogP contribution in [0.2, 0.25) is 5.02 Å². The van der Waals surface area contributed by atoms with Gasteiger partial charge in [-0.1, -0.05) is 11.6 Å². The maximum absolute atomic E-state index is 11.2. The Labute approximate surface area is 112 Å². The van der Waals surface area contributed by atoms with Crippen LogP contribution >= 0.6 is 11.6 Å². The summed E-state index contributed by atoms with van der Waals surface area (Å²) in [7, 11) is 0. The van der Waals surface area contributed by atoms with Crippen LogP contribution in [0, 0.1) is 0 Å². The van der Waals surface area contributed by atoms with Crippen molar-refractivity contribution in [2.45, 2.75) is 32.3 Å². The van der Waals surface area contributed by atoms with Crippen molar-refractivity contribution in [3.05, 3.63) is 28.8 Å². The van der Waals surface area contributed by atoms with Gasteiger partial charge in [0.15, 0.2) is 5.78 Å². The summed E-state index contributed by atoms with van der Waals surface area (Å²) in [5.74, 6) is 0.606. The zero-order valence-electron chi connectivity index (χ0n) is 10.4. The van der Waals surface area contributed by atoms with Gasteiger partial charge < -0.3 is 9.47 Å². The number of hydrogen-bond donors (Lipinski definition) is 0. The van der Waals surface area contributed by atoms with E-state index in [1.54, 1.807) is 18.2 Å². The van der Waals surface area contributed by atoms with Crippen molar-refractivity contribution in [1.29, 1.82) is 0 Å². The lowest BCUT2D eigenvalue weighted by atomic mass is 10.1. The first-order valence-corrected chi connectivity index (χ1v) is 6.59. The number of benzene rings is 1. The summed E-state index contributed by atoms with van der Waals surface area (Å²) in [6, 6.07) is 5.11. The van der Waals surface area contributed by atoms with Crippen LogP contribution in [0.1, 0.15) is 36.5 Å². The molecule has 2 rings (SSSR count). The normalized spacial score (nSPS) is 19.6. The van der Waals surface area contributed by atoms with Crippen molar-refractivity contribution < 1.29 is 14.3 Å². The van der Waals surface area contributed by atoms with Crippen LogP contribution in [0.25, 0.3) is 0 Å². The molecule has 1 heterocycles. The lowest BCUT2D eigenvalue weighted by Gasteiger charge is -2.22. The Kier molecular flexibility index (Phi) is 4.61. The lowest BCUT2D eigenvalue weighted by molar-refractivity contribution is -0.0110. The van der Waals surface area contributed by atoms with Gasteiger partial charge in [0.2, 0.25) is 0 Å². The quantitative estimate of drug-likeness (QED) is 0.784. The van der Waals surface area contributed by atoms with Crippen LogP contribution in [-0.4, -0.2) is 25.1 Å². The van der Waals surface area contributed by atoms with Crippen molar-refractivity contribution >= 4 is 17.4 Å². The molecule has 4 heteroatoms. The summed E-state index contributed by atoms with van der Waals surface area (Å²) in [5, 5.41) is 0.471. The topological polar surface area (TPSA) is 35.5 Å². The first-order chi connectivity index (χ1) is 8.66. The molecule has 1 aromatic carbocycles. The summed E-state index contributed by atoms with van der Waals surface area (Å²) in [6.07, 6.45) is 3.50. The smallest absolute Gasteiger partial charge is 0.159 e. The van der Waals surface area contributed by atoms with Crippen LogP contribution in [0.15, 0.2) is 18.2 Å².